The van der Waals surface area contributed by atoms with Gasteiger partial charge in [-0.05, 0) is 38.8 Å². The van der Waals surface area contributed by atoms with Crippen molar-refractivity contribution in [3.8, 4) is 0 Å². The molecule has 0 saturated carbocycles. The molecule has 1 aliphatic rings. The topological polar surface area (TPSA) is 47.1 Å². The van der Waals surface area contributed by atoms with Crippen molar-refractivity contribution in [2.24, 2.45) is 12.8 Å². The first-order valence-electron chi connectivity index (χ1n) is 7.13. The van der Waals surface area contributed by atoms with Crippen molar-refractivity contribution in [1.29, 1.82) is 0 Å². The Kier molecular flexibility index (Phi) is 4.40. The Morgan fingerprint density at radius 1 is 1.50 bits per heavy atom. The Balaban J connectivity index is 2.08. The molecule has 4 heteroatoms. The minimum atomic E-state index is 0.254. The molecule has 1 aromatic rings. The van der Waals surface area contributed by atoms with Crippen LogP contribution >= 0.6 is 0 Å². The normalized spacial score (nSPS) is 23.2. The maximum atomic E-state index is 6.12. The van der Waals surface area contributed by atoms with Gasteiger partial charge in [0.25, 0.3) is 0 Å². The van der Waals surface area contributed by atoms with Gasteiger partial charge in [-0.3, -0.25) is 9.58 Å². The predicted molar refractivity (Wildman–Crippen MR) is 74.3 cm³/mol. The fourth-order valence-electron chi connectivity index (χ4n) is 2.91. The molecule has 2 atom stereocenters. The minimum Gasteiger partial charge on any atom is -0.327 e. The van der Waals surface area contributed by atoms with Crippen molar-refractivity contribution in [3.63, 3.8) is 0 Å². The smallest absolute Gasteiger partial charge is 0.0625 e. The lowest BCUT2D eigenvalue weighted by atomic mass is 9.97. The zero-order chi connectivity index (χ0) is 13.1. The lowest BCUT2D eigenvalue weighted by Crippen LogP contribution is -2.48. The number of nitrogens with two attached hydrogens (primary N) is 1. The molecular formula is C14H26N4. The maximum absolute atomic E-state index is 6.12. The average Bonchev–Trinajstić information content (AvgIpc) is 2.71. The fourth-order valence-corrected chi connectivity index (χ4v) is 2.91. The second-order valence-electron chi connectivity index (χ2n) is 5.50. The maximum Gasteiger partial charge on any atom is 0.0625 e. The average molecular weight is 250 g/mol. The Morgan fingerprint density at radius 2 is 2.28 bits per heavy atom. The molecule has 1 fully saturated rings. The first-order valence-corrected chi connectivity index (χ1v) is 7.13. The van der Waals surface area contributed by atoms with Crippen molar-refractivity contribution in [1.82, 2.24) is 14.7 Å². The van der Waals surface area contributed by atoms with E-state index in [-0.39, 0.29) is 6.04 Å². The second kappa shape index (κ2) is 5.85. The Labute approximate surface area is 110 Å². The number of nitrogens with zero attached hydrogens (tertiary/aromatic N) is 3. The quantitative estimate of drug-likeness (QED) is 0.884. The van der Waals surface area contributed by atoms with E-state index in [1.54, 1.807) is 0 Å². The van der Waals surface area contributed by atoms with Gasteiger partial charge in [0.15, 0.2) is 0 Å². The lowest BCUT2D eigenvalue weighted by molar-refractivity contribution is 0.120. The van der Waals surface area contributed by atoms with E-state index in [0.717, 1.165) is 13.0 Å². The molecule has 1 aliphatic heterocycles. The van der Waals surface area contributed by atoms with Crippen molar-refractivity contribution in [2.75, 3.05) is 6.54 Å². The molecule has 2 N–H and O–H groups in total. The van der Waals surface area contributed by atoms with Crippen LogP contribution in [0.4, 0.5) is 0 Å². The number of aromatic nitrogens is 2. The van der Waals surface area contributed by atoms with Crippen molar-refractivity contribution < 1.29 is 0 Å². The van der Waals surface area contributed by atoms with Gasteiger partial charge in [0, 0.05) is 25.7 Å². The van der Waals surface area contributed by atoms with E-state index in [4.69, 9.17) is 5.73 Å². The summed E-state index contributed by atoms with van der Waals surface area (Å²) in [5.41, 5.74) is 8.60. The van der Waals surface area contributed by atoms with Crippen LogP contribution in [0.1, 0.15) is 44.5 Å². The first kappa shape index (κ1) is 13.6. The van der Waals surface area contributed by atoms with Crippen molar-refractivity contribution in [2.45, 2.75) is 58.2 Å². The van der Waals surface area contributed by atoms with Gasteiger partial charge in [-0.1, -0.05) is 13.3 Å². The fraction of sp³-hybridized carbons (Fsp3) is 0.786. The minimum absolute atomic E-state index is 0.254. The van der Waals surface area contributed by atoms with E-state index in [9.17, 15) is 0 Å². The zero-order valence-corrected chi connectivity index (χ0v) is 11.9. The van der Waals surface area contributed by atoms with Crippen LogP contribution in [0.25, 0.3) is 0 Å². The number of rotatable bonds is 4. The van der Waals surface area contributed by atoms with Crippen LogP contribution in [0.15, 0.2) is 6.07 Å². The number of hydrogen-bond donors (Lipinski definition) is 1. The SMILES string of the molecule is CCc1cc(CN2CCCCC2C(C)N)n(C)n1. The van der Waals surface area contributed by atoms with Crippen LogP contribution in [0.5, 0.6) is 0 Å². The van der Waals surface area contributed by atoms with E-state index < -0.39 is 0 Å². The van der Waals surface area contributed by atoms with E-state index in [1.807, 2.05) is 11.7 Å². The van der Waals surface area contributed by atoms with E-state index >= 15 is 0 Å². The van der Waals surface area contributed by atoms with Gasteiger partial charge < -0.3 is 5.73 Å². The van der Waals surface area contributed by atoms with E-state index in [1.165, 1.54) is 37.2 Å². The molecule has 1 saturated heterocycles. The molecule has 2 heterocycles. The summed E-state index contributed by atoms with van der Waals surface area (Å²) in [6.45, 7) is 6.43. The summed E-state index contributed by atoms with van der Waals surface area (Å²) < 4.78 is 2.02. The van der Waals surface area contributed by atoms with Gasteiger partial charge in [0.05, 0.1) is 11.4 Å². The highest BCUT2D eigenvalue weighted by atomic mass is 15.3. The highest BCUT2D eigenvalue weighted by molar-refractivity contribution is 5.10. The molecule has 0 amide bonds. The zero-order valence-electron chi connectivity index (χ0n) is 11.9. The van der Waals surface area contributed by atoms with Crippen molar-refractivity contribution >= 4 is 0 Å². The highest BCUT2D eigenvalue weighted by Gasteiger charge is 2.26. The third kappa shape index (κ3) is 2.93. The summed E-state index contributed by atoms with van der Waals surface area (Å²) in [7, 11) is 2.04. The molecule has 0 spiro atoms. The van der Waals surface area contributed by atoms with Gasteiger partial charge in [-0.15, -0.1) is 0 Å². The van der Waals surface area contributed by atoms with Crippen LogP contribution < -0.4 is 5.73 Å². The molecule has 102 valence electrons. The number of likely N-dealkylation sites (tertiary alicyclic amines) is 1. The van der Waals surface area contributed by atoms with E-state index in [0.29, 0.717) is 6.04 Å². The summed E-state index contributed by atoms with van der Waals surface area (Å²) in [6, 6.07) is 3.01. The summed E-state index contributed by atoms with van der Waals surface area (Å²) in [6.07, 6.45) is 4.84. The number of hydrogen-bond acceptors (Lipinski definition) is 3. The molecule has 4 nitrogen and oxygen atoms in total. The summed E-state index contributed by atoms with van der Waals surface area (Å²) >= 11 is 0. The Morgan fingerprint density at radius 3 is 2.89 bits per heavy atom. The monoisotopic (exact) mass is 250 g/mol. The largest absolute Gasteiger partial charge is 0.327 e. The van der Waals surface area contributed by atoms with Crippen molar-refractivity contribution in [3.05, 3.63) is 17.5 Å². The second-order valence-corrected chi connectivity index (χ2v) is 5.50. The third-order valence-electron chi connectivity index (χ3n) is 4.03. The molecule has 2 unspecified atom stereocenters. The molecule has 0 radical (unpaired) electrons. The van der Waals surface area contributed by atoms with Crippen LogP contribution in [0.2, 0.25) is 0 Å². The number of piperidine rings is 1. The van der Waals surface area contributed by atoms with Gasteiger partial charge in [0.1, 0.15) is 0 Å². The van der Waals surface area contributed by atoms with Gasteiger partial charge >= 0.3 is 0 Å². The molecular weight excluding hydrogens is 224 g/mol. The third-order valence-corrected chi connectivity index (χ3v) is 4.03. The standard InChI is InChI=1S/C14H26N4/c1-4-12-9-13(17(3)16-12)10-18-8-6-5-7-14(18)11(2)15/h9,11,14H,4-8,10,15H2,1-3H3. The van der Waals surface area contributed by atoms with Crippen LogP contribution in [-0.4, -0.2) is 33.3 Å². The molecule has 0 aliphatic carbocycles. The molecule has 2 rings (SSSR count). The van der Waals surface area contributed by atoms with Gasteiger partial charge in [-0.2, -0.15) is 5.10 Å². The first-order chi connectivity index (χ1) is 8.61. The van der Waals surface area contributed by atoms with Gasteiger partial charge in [0.2, 0.25) is 0 Å². The summed E-state index contributed by atoms with van der Waals surface area (Å²) in [5, 5.41) is 4.52. The Bertz CT molecular complexity index is 383. The summed E-state index contributed by atoms with van der Waals surface area (Å²) in [5.74, 6) is 0. The Hall–Kier alpha value is -0.870. The predicted octanol–water partition coefficient (Wildman–Crippen LogP) is 1.68. The molecule has 0 aromatic carbocycles. The number of aryl methyl sites for hydroxylation is 2. The molecule has 18 heavy (non-hydrogen) atoms. The van der Waals surface area contributed by atoms with Crippen LogP contribution in [0, 0.1) is 0 Å². The van der Waals surface area contributed by atoms with Gasteiger partial charge in [-0.25, -0.2) is 0 Å². The molecule has 0 bridgehead atoms. The summed E-state index contributed by atoms with van der Waals surface area (Å²) in [4.78, 5) is 2.53. The van der Waals surface area contributed by atoms with E-state index in [2.05, 4.69) is 29.9 Å². The van der Waals surface area contributed by atoms with Crippen LogP contribution in [0.3, 0.4) is 0 Å². The molecule has 1 aromatic heterocycles. The lowest BCUT2D eigenvalue weighted by Gasteiger charge is -2.37. The van der Waals surface area contributed by atoms with Crippen LogP contribution in [-0.2, 0) is 20.0 Å². The highest BCUT2D eigenvalue weighted by Crippen LogP contribution is 2.21.